The molecule has 1 atom stereocenters. The molecule has 2 aromatic rings. The lowest BCUT2D eigenvalue weighted by atomic mass is 9.96. The molecule has 5 nitrogen and oxygen atoms in total. The Morgan fingerprint density at radius 2 is 2.12 bits per heavy atom. The van der Waals surface area contributed by atoms with E-state index in [1.54, 1.807) is 25.4 Å². The zero-order valence-electron chi connectivity index (χ0n) is 13.9. The van der Waals surface area contributed by atoms with Gasteiger partial charge in [0.25, 0.3) is 0 Å². The predicted octanol–water partition coefficient (Wildman–Crippen LogP) is 2.94. The summed E-state index contributed by atoms with van der Waals surface area (Å²) in [6.45, 7) is 2.69. The fourth-order valence-electron chi connectivity index (χ4n) is 3.12. The van der Waals surface area contributed by atoms with Crippen molar-refractivity contribution >= 4 is 11.7 Å². The summed E-state index contributed by atoms with van der Waals surface area (Å²) in [7, 11) is 1.58. The van der Waals surface area contributed by atoms with Crippen molar-refractivity contribution in [3.8, 4) is 5.75 Å². The number of likely N-dealkylation sites (tertiary alicyclic amines) is 1. The average Bonchev–Trinajstić information content (AvgIpc) is 2.63. The maximum atomic E-state index is 12.6. The van der Waals surface area contributed by atoms with Crippen LogP contribution in [0.2, 0.25) is 0 Å². The second-order valence-corrected chi connectivity index (χ2v) is 6.10. The highest BCUT2D eigenvalue weighted by Crippen LogP contribution is 2.24. The Morgan fingerprint density at radius 3 is 2.92 bits per heavy atom. The first-order chi connectivity index (χ1) is 11.8. The highest BCUT2D eigenvalue weighted by Gasteiger charge is 2.26. The third kappa shape index (κ3) is 4.11. The first-order valence-corrected chi connectivity index (χ1v) is 8.32. The number of piperidine rings is 1. The number of pyridine rings is 1. The number of aromatic nitrogens is 1. The summed E-state index contributed by atoms with van der Waals surface area (Å²) in [5.41, 5.74) is 1.28. The largest absolute Gasteiger partial charge is 0.493 e. The molecular weight excluding hydrogens is 302 g/mol. The van der Waals surface area contributed by atoms with Crippen molar-refractivity contribution in [3.05, 3.63) is 54.2 Å². The van der Waals surface area contributed by atoms with Crippen LogP contribution in [0.5, 0.6) is 5.75 Å². The monoisotopic (exact) mass is 325 g/mol. The van der Waals surface area contributed by atoms with Crippen LogP contribution >= 0.6 is 0 Å². The number of methoxy groups -OCH3 is 1. The lowest BCUT2D eigenvalue weighted by Crippen LogP contribution is -2.40. The molecule has 1 aromatic heterocycles. The summed E-state index contributed by atoms with van der Waals surface area (Å²) in [4.78, 5) is 19.1. The molecule has 0 saturated carbocycles. The Balaban J connectivity index is 1.60. The molecule has 2 heterocycles. The quantitative estimate of drug-likeness (QED) is 0.918. The van der Waals surface area contributed by atoms with Gasteiger partial charge < -0.3 is 10.1 Å². The molecule has 1 aliphatic heterocycles. The Labute approximate surface area is 142 Å². The van der Waals surface area contributed by atoms with Gasteiger partial charge in [-0.25, -0.2) is 4.98 Å². The second kappa shape index (κ2) is 7.93. The van der Waals surface area contributed by atoms with Gasteiger partial charge in [-0.05, 0) is 37.1 Å². The molecule has 24 heavy (non-hydrogen) atoms. The Hall–Kier alpha value is -2.40. The van der Waals surface area contributed by atoms with Gasteiger partial charge in [0.05, 0.1) is 13.0 Å². The molecule has 1 amide bonds. The van der Waals surface area contributed by atoms with Crippen molar-refractivity contribution in [2.24, 2.45) is 5.92 Å². The zero-order chi connectivity index (χ0) is 16.8. The minimum Gasteiger partial charge on any atom is -0.493 e. The molecule has 1 aromatic carbocycles. The van der Waals surface area contributed by atoms with Crippen molar-refractivity contribution < 1.29 is 9.53 Å². The van der Waals surface area contributed by atoms with Crippen molar-refractivity contribution in [1.82, 2.24) is 9.88 Å². The van der Waals surface area contributed by atoms with E-state index in [1.165, 1.54) is 5.56 Å². The van der Waals surface area contributed by atoms with Crippen molar-refractivity contribution in [2.45, 2.75) is 19.4 Å². The molecule has 126 valence electrons. The summed E-state index contributed by atoms with van der Waals surface area (Å²) in [5, 5.41) is 2.91. The molecule has 1 aliphatic rings. The zero-order valence-corrected chi connectivity index (χ0v) is 13.9. The van der Waals surface area contributed by atoms with E-state index in [-0.39, 0.29) is 11.8 Å². The summed E-state index contributed by atoms with van der Waals surface area (Å²) >= 11 is 0. The van der Waals surface area contributed by atoms with Crippen LogP contribution in [0.25, 0.3) is 0 Å². The van der Waals surface area contributed by atoms with Crippen molar-refractivity contribution in [3.63, 3.8) is 0 Å². The van der Waals surface area contributed by atoms with E-state index in [4.69, 9.17) is 4.74 Å². The van der Waals surface area contributed by atoms with E-state index in [2.05, 4.69) is 39.5 Å². The smallest absolute Gasteiger partial charge is 0.230 e. The van der Waals surface area contributed by atoms with E-state index in [9.17, 15) is 4.79 Å². The van der Waals surface area contributed by atoms with Crippen LogP contribution in [0.15, 0.2) is 48.7 Å². The van der Waals surface area contributed by atoms with Crippen LogP contribution in [0, 0.1) is 5.92 Å². The third-order valence-corrected chi connectivity index (χ3v) is 4.36. The third-order valence-electron chi connectivity index (χ3n) is 4.36. The molecule has 1 N–H and O–H groups in total. The van der Waals surface area contributed by atoms with E-state index in [0.717, 1.165) is 32.5 Å². The molecule has 0 unspecified atom stereocenters. The maximum absolute atomic E-state index is 12.6. The molecule has 3 rings (SSSR count). The van der Waals surface area contributed by atoms with Crippen LogP contribution < -0.4 is 10.1 Å². The normalized spacial score (nSPS) is 18.1. The first-order valence-electron chi connectivity index (χ1n) is 8.32. The summed E-state index contributed by atoms with van der Waals surface area (Å²) in [5.74, 6) is 1.08. The summed E-state index contributed by atoms with van der Waals surface area (Å²) in [6, 6.07) is 14.0. The number of nitrogens with one attached hydrogen (secondary N) is 1. The number of carbonyl (C=O) groups excluding carboxylic acids is 1. The number of hydrogen-bond donors (Lipinski definition) is 1. The van der Waals surface area contributed by atoms with Crippen LogP contribution in [-0.2, 0) is 11.3 Å². The minimum atomic E-state index is -0.0193. The molecule has 0 bridgehead atoms. The second-order valence-electron chi connectivity index (χ2n) is 6.10. The van der Waals surface area contributed by atoms with Gasteiger partial charge in [-0.2, -0.15) is 0 Å². The molecule has 1 fully saturated rings. The number of nitrogens with zero attached hydrogens (tertiary/aromatic N) is 2. The van der Waals surface area contributed by atoms with Gasteiger partial charge in [-0.3, -0.25) is 9.69 Å². The number of ether oxygens (including phenoxy) is 1. The molecule has 0 radical (unpaired) electrons. The minimum absolute atomic E-state index is 0.0183. The SMILES string of the molecule is COc1cccnc1NC(=O)[C@H]1CCCN(Cc2ccccc2)C1. The first kappa shape index (κ1) is 16.5. The number of rotatable bonds is 5. The standard InChI is InChI=1S/C19H23N3O2/c1-24-17-10-5-11-20-18(17)21-19(23)16-9-6-12-22(14-16)13-15-7-3-2-4-8-15/h2-5,7-8,10-11,16H,6,9,12-14H2,1H3,(H,20,21,23)/t16-/m0/s1. The lowest BCUT2D eigenvalue weighted by molar-refractivity contribution is -0.121. The van der Waals surface area contributed by atoms with E-state index in [0.29, 0.717) is 11.6 Å². The van der Waals surface area contributed by atoms with Gasteiger partial charge in [0.15, 0.2) is 11.6 Å². The van der Waals surface area contributed by atoms with Crippen molar-refractivity contribution in [1.29, 1.82) is 0 Å². The van der Waals surface area contributed by atoms with E-state index in [1.807, 2.05) is 6.07 Å². The Kier molecular flexibility index (Phi) is 5.43. The van der Waals surface area contributed by atoms with Crippen molar-refractivity contribution in [2.75, 3.05) is 25.5 Å². The number of carbonyl (C=O) groups is 1. The van der Waals surface area contributed by atoms with Crippen LogP contribution in [0.1, 0.15) is 18.4 Å². The van der Waals surface area contributed by atoms with Crippen LogP contribution in [0.3, 0.4) is 0 Å². The Bertz CT molecular complexity index is 675. The highest BCUT2D eigenvalue weighted by molar-refractivity contribution is 5.93. The summed E-state index contributed by atoms with van der Waals surface area (Å²) in [6.07, 6.45) is 3.59. The lowest BCUT2D eigenvalue weighted by Gasteiger charge is -2.32. The van der Waals surface area contributed by atoms with Gasteiger partial charge in [-0.1, -0.05) is 30.3 Å². The number of hydrogen-bond acceptors (Lipinski definition) is 4. The molecule has 0 aliphatic carbocycles. The average molecular weight is 325 g/mol. The van der Waals surface area contributed by atoms with Gasteiger partial charge in [0, 0.05) is 19.3 Å². The van der Waals surface area contributed by atoms with Gasteiger partial charge in [-0.15, -0.1) is 0 Å². The van der Waals surface area contributed by atoms with E-state index < -0.39 is 0 Å². The van der Waals surface area contributed by atoms with Crippen LogP contribution in [-0.4, -0.2) is 36.0 Å². The molecule has 5 heteroatoms. The van der Waals surface area contributed by atoms with E-state index >= 15 is 0 Å². The maximum Gasteiger partial charge on any atom is 0.230 e. The summed E-state index contributed by atoms with van der Waals surface area (Å²) < 4.78 is 5.25. The van der Waals surface area contributed by atoms with Crippen LogP contribution in [0.4, 0.5) is 5.82 Å². The number of benzene rings is 1. The van der Waals surface area contributed by atoms with Gasteiger partial charge in [0.1, 0.15) is 0 Å². The topological polar surface area (TPSA) is 54.5 Å². The molecule has 0 spiro atoms. The number of amides is 1. The fraction of sp³-hybridized carbons (Fsp3) is 0.368. The molecular formula is C19H23N3O2. The fourth-order valence-corrected chi connectivity index (χ4v) is 3.12. The van der Waals surface area contributed by atoms with Gasteiger partial charge in [0.2, 0.25) is 5.91 Å². The molecule has 1 saturated heterocycles. The predicted molar refractivity (Wildman–Crippen MR) is 93.9 cm³/mol. The van der Waals surface area contributed by atoms with Gasteiger partial charge >= 0.3 is 0 Å². The Morgan fingerprint density at radius 1 is 1.29 bits per heavy atom. The highest BCUT2D eigenvalue weighted by atomic mass is 16.5. The number of anilines is 1.